The Kier molecular flexibility index (Phi) is 8.54. The molecule has 3 saturated carbocycles. The van der Waals surface area contributed by atoms with Crippen molar-refractivity contribution in [2.75, 3.05) is 6.61 Å². The number of rotatable bonds is 8. The third-order valence-electron chi connectivity index (χ3n) is 11.3. The Labute approximate surface area is 220 Å². The molecule has 1 heterocycles. The van der Waals surface area contributed by atoms with Crippen LogP contribution in [0.1, 0.15) is 119 Å². The number of esters is 1. The molecule has 0 amide bonds. The van der Waals surface area contributed by atoms with Gasteiger partial charge in [0.25, 0.3) is 0 Å². The van der Waals surface area contributed by atoms with E-state index in [9.17, 15) is 9.90 Å². The summed E-state index contributed by atoms with van der Waals surface area (Å²) in [6, 6.07) is 0. The smallest absolute Gasteiger partial charge is 0.302 e. The summed E-state index contributed by atoms with van der Waals surface area (Å²) in [5, 5.41) is 12.1. The minimum absolute atomic E-state index is 0.284. The Hall–Kier alpha value is -0.650. The summed E-state index contributed by atoms with van der Waals surface area (Å²) in [6.45, 7) is 16.1. The molecular weight excluding hydrogens is 452 g/mol. The van der Waals surface area contributed by atoms with Gasteiger partial charge in [0.1, 0.15) is 6.10 Å². The van der Waals surface area contributed by atoms with Crippen LogP contribution in [0.5, 0.6) is 0 Å². The Balaban J connectivity index is 1.58. The Morgan fingerprint density at radius 2 is 1.81 bits per heavy atom. The molecule has 3 aliphatic carbocycles. The van der Waals surface area contributed by atoms with Crippen LogP contribution >= 0.6 is 0 Å². The van der Waals surface area contributed by atoms with E-state index in [0.29, 0.717) is 36.2 Å². The van der Waals surface area contributed by atoms with Crippen LogP contribution in [-0.2, 0) is 19.0 Å². The number of aliphatic hydroxyl groups is 1. The van der Waals surface area contributed by atoms with E-state index >= 15 is 0 Å². The summed E-state index contributed by atoms with van der Waals surface area (Å²) in [5.41, 5.74) is 0.00536. The molecule has 1 aliphatic heterocycles. The Morgan fingerprint density at radius 3 is 2.47 bits per heavy atom. The predicted octanol–water partition coefficient (Wildman–Crippen LogP) is 7.10. The van der Waals surface area contributed by atoms with E-state index in [1.165, 1.54) is 45.4 Å². The van der Waals surface area contributed by atoms with Crippen LogP contribution in [0.25, 0.3) is 0 Å². The van der Waals surface area contributed by atoms with E-state index in [0.717, 1.165) is 43.4 Å². The van der Waals surface area contributed by atoms with Gasteiger partial charge in [-0.1, -0.05) is 53.9 Å². The zero-order valence-corrected chi connectivity index (χ0v) is 24.2. The van der Waals surface area contributed by atoms with Gasteiger partial charge in [-0.05, 0) is 86.4 Å². The number of fused-ring (bicyclic) bond motifs is 5. The van der Waals surface area contributed by atoms with E-state index in [2.05, 4.69) is 34.6 Å². The first kappa shape index (κ1) is 28.4. The van der Waals surface area contributed by atoms with E-state index in [4.69, 9.17) is 14.2 Å². The summed E-state index contributed by atoms with van der Waals surface area (Å²) < 4.78 is 18.2. The lowest BCUT2D eigenvalue weighted by Gasteiger charge is -2.58. The second-order valence-electron chi connectivity index (χ2n) is 13.8. The summed E-state index contributed by atoms with van der Waals surface area (Å²) in [6.07, 6.45) is 11.2. The molecule has 1 N–H and O–H groups in total. The standard InChI is InChI=1S/C31H54O5/c1-8-34-28-18-24-26-13-12-25(21(4)11-9-10-20(2)3)29(26,6)16-15-27(24)30(7)17-14-23(35-22(5)32)19-31(30,33)36-28/h20-21,23-28,33H,8-19H2,1-7H3/t21-,23?,24+,25-,26+,27+,28-,29-,30-,31+/m1/s1. The Bertz CT molecular complexity index is 768. The number of carbonyl (C=O) groups excluding carboxylic acids is 1. The highest BCUT2D eigenvalue weighted by Gasteiger charge is 2.65. The molecule has 4 fully saturated rings. The lowest BCUT2D eigenvalue weighted by atomic mass is 9.49. The molecule has 5 nitrogen and oxygen atoms in total. The van der Waals surface area contributed by atoms with Crippen molar-refractivity contribution in [2.24, 2.45) is 46.3 Å². The molecule has 4 rings (SSSR count). The highest BCUT2D eigenvalue weighted by atomic mass is 16.7. The normalized spacial score (nSPS) is 45.4. The largest absolute Gasteiger partial charge is 0.462 e. The van der Waals surface area contributed by atoms with Crippen molar-refractivity contribution in [3.8, 4) is 0 Å². The maximum Gasteiger partial charge on any atom is 0.302 e. The minimum Gasteiger partial charge on any atom is -0.462 e. The van der Waals surface area contributed by atoms with Crippen LogP contribution < -0.4 is 0 Å². The van der Waals surface area contributed by atoms with Crippen molar-refractivity contribution in [2.45, 2.75) is 137 Å². The average molecular weight is 507 g/mol. The summed E-state index contributed by atoms with van der Waals surface area (Å²) in [4.78, 5) is 11.7. The zero-order chi connectivity index (χ0) is 26.3. The fourth-order valence-electron chi connectivity index (χ4n) is 9.50. The van der Waals surface area contributed by atoms with Crippen molar-refractivity contribution in [3.05, 3.63) is 0 Å². The number of ether oxygens (including phenoxy) is 3. The molecule has 208 valence electrons. The van der Waals surface area contributed by atoms with Gasteiger partial charge in [-0.2, -0.15) is 0 Å². The maximum atomic E-state index is 12.1. The van der Waals surface area contributed by atoms with Gasteiger partial charge in [-0.3, -0.25) is 4.79 Å². The number of carbonyl (C=O) groups is 1. The van der Waals surface area contributed by atoms with Gasteiger partial charge in [0, 0.05) is 31.8 Å². The summed E-state index contributed by atoms with van der Waals surface area (Å²) in [5.74, 6) is 2.29. The first-order chi connectivity index (χ1) is 16.9. The van der Waals surface area contributed by atoms with Crippen LogP contribution in [0.15, 0.2) is 0 Å². The van der Waals surface area contributed by atoms with Crippen molar-refractivity contribution >= 4 is 5.97 Å². The monoisotopic (exact) mass is 506 g/mol. The molecule has 1 saturated heterocycles. The van der Waals surface area contributed by atoms with Gasteiger partial charge in [0.05, 0.1) is 0 Å². The van der Waals surface area contributed by atoms with Crippen LogP contribution in [-0.4, -0.2) is 35.9 Å². The van der Waals surface area contributed by atoms with Crippen LogP contribution in [0.4, 0.5) is 0 Å². The molecule has 5 heteroatoms. The molecule has 0 aromatic rings. The first-order valence-electron chi connectivity index (χ1n) is 15.1. The van der Waals surface area contributed by atoms with Crippen molar-refractivity contribution < 1.29 is 24.1 Å². The lowest BCUT2D eigenvalue weighted by molar-refractivity contribution is -0.351. The van der Waals surface area contributed by atoms with Crippen molar-refractivity contribution in [1.82, 2.24) is 0 Å². The number of hydrogen-bond donors (Lipinski definition) is 1. The highest BCUT2D eigenvalue weighted by Crippen LogP contribution is 2.68. The zero-order valence-electron chi connectivity index (χ0n) is 24.2. The van der Waals surface area contributed by atoms with Crippen molar-refractivity contribution in [3.63, 3.8) is 0 Å². The first-order valence-corrected chi connectivity index (χ1v) is 15.1. The van der Waals surface area contributed by atoms with E-state index in [1.807, 2.05) is 6.92 Å². The maximum absolute atomic E-state index is 12.1. The fraction of sp³-hybridized carbons (Fsp3) is 0.968. The molecular formula is C31H54O5. The van der Waals surface area contributed by atoms with Gasteiger partial charge in [0.15, 0.2) is 12.1 Å². The van der Waals surface area contributed by atoms with Gasteiger partial charge < -0.3 is 19.3 Å². The molecule has 10 atom stereocenters. The molecule has 0 spiro atoms. The molecule has 0 aromatic carbocycles. The number of hydrogen-bond acceptors (Lipinski definition) is 5. The second kappa shape index (κ2) is 10.8. The second-order valence-corrected chi connectivity index (χ2v) is 13.8. The third kappa shape index (κ3) is 5.15. The van der Waals surface area contributed by atoms with Crippen molar-refractivity contribution in [1.29, 1.82) is 0 Å². The topological polar surface area (TPSA) is 65.0 Å². The van der Waals surface area contributed by atoms with Gasteiger partial charge >= 0.3 is 5.97 Å². The fourth-order valence-corrected chi connectivity index (χ4v) is 9.50. The average Bonchev–Trinajstić information content (AvgIpc) is 3.09. The predicted molar refractivity (Wildman–Crippen MR) is 142 cm³/mol. The summed E-state index contributed by atoms with van der Waals surface area (Å²) >= 11 is 0. The minimum atomic E-state index is -1.33. The van der Waals surface area contributed by atoms with Gasteiger partial charge in [-0.15, -0.1) is 0 Å². The molecule has 0 radical (unpaired) electrons. The third-order valence-corrected chi connectivity index (χ3v) is 11.3. The molecule has 1 unspecified atom stereocenters. The van der Waals surface area contributed by atoms with Gasteiger partial charge in [-0.25, -0.2) is 0 Å². The van der Waals surface area contributed by atoms with E-state index in [-0.39, 0.29) is 17.5 Å². The molecule has 36 heavy (non-hydrogen) atoms. The SMILES string of the molecule is CCO[C@H]1C[C@H]2[C@@H]3CC[C@H]([C@H](C)CCCC(C)C)[C@@]3(C)CC[C@@H]2[C@@]2(C)CCC(OC(C)=O)C[C@]2(O)O1. The highest BCUT2D eigenvalue weighted by molar-refractivity contribution is 5.66. The summed E-state index contributed by atoms with van der Waals surface area (Å²) in [7, 11) is 0. The van der Waals surface area contributed by atoms with Gasteiger partial charge in [0.2, 0.25) is 0 Å². The molecule has 0 bridgehead atoms. The molecule has 0 aromatic heterocycles. The van der Waals surface area contributed by atoms with Crippen LogP contribution in [0, 0.1) is 46.3 Å². The lowest BCUT2D eigenvalue weighted by Crippen LogP contribution is -2.60. The van der Waals surface area contributed by atoms with Crippen LogP contribution in [0.3, 0.4) is 0 Å². The van der Waals surface area contributed by atoms with E-state index < -0.39 is 12.1 Å². The quantitative estimate of drug-likeness (QED) is 0.356. The molecule has 4 aliphatic rings. The van der Waals surface area contributed by atoms with E-state index in [1.54, 1.807) is 0 Å². The van der Waals surface area contributed by atoms with Crippen LogP contribution in [0.2, 0.25) is 0 Å². The Morgan fingerprint density at radius 1 is 1.06 bits per heavy atom.